The fourth-order valence-electron chi connectivity index (χ4n) is 8.12. The van der Waals surface area contributed by atoms with Crippen LogP contribution in [0, 0.1) is 11.3 Å². The predicted molar refractivity (Wildman–Crippen MR) is 217 cm³/mol. The minimum Gasteiger partial charge on any atom is -0.481 e. The summed E-state index contributed by atoms with van der Waals surface area (Å²) in [6.45, 7) is 5.88. The van der Waals surface area contributed by atoms with Gasteiger partial charge < -0.3 is 19.5 Å². The number of fused-ring (bicyclic) bond motifs is 1. The molecule has 3 unspecified atom stereocenters. The van der Waals surface area contributed by atoms with Crippen LogP contribution in [0.25, 0.3) is 0 Å². The quantitative estimate of drug-likeness (QED) is 0.0559. The highest BCUT2D eigenvalue weighted by molar-refractivity contribution is 7.89. The Kier molecular flexibility index (Phi) is 15.4. The molecule has 0 amide bonds. The summed E-state index contributed by atoms with van der Waals surface area (Å²) in [5.41, 5.74) is 1.27. The van der Waals surface area contributed by atoms with Crippen molar-refractivity contribution in [3.05, 3.63) is 69.9 Å². The lowest BCUT2D eigenvalue weighted by Gasteiger charge is -2.32. The minimum atomic E-state index is -4.65. The lowest BCUT2D eigenvalue weighted by molar-refractivity contribution is -0.441. The van der Waals surface area contributed by atoms with E-state index in [0.717, 1.165) is 7.11 Å². The van der Waals surface area contributed by atoms with Crippen LogP contribution in [0.4, 0.5) is 5.69 Å². The van der Waals surface area contributed by atoms with Crippen LogP contribution in [0.2, 0.25) is 0 Å². The van der Waals surface area contributed by atoms with Crippen molar-refractivity contribution in [2.75, 3.05) is 58.6 Å². The third kappa shape index (κ3) is 11.5. The molecule has 2 heterocycles. The Labute approximate surface area is 346 Å². The molecule has 1 aromatic carbocycles. The van der Waals surface area contributed by atoms with Gasteiger partial charge in [-0.25, -0.2) is 0 Å². The number of methoxy groups -OCH3 is 1. The largest absolute Gasteiger partial charge is 0.481 e. The van der Waals surface area contributed by atoms with E-state index in [1.54, 1.807) is 38.1 Å². The Balaban J connectivity index is 1.93. The Bertz CT molecular complexity index is 2400. The zero-order valence-corrected chi connectivity index (χ0v) is 36.8. The lowest BCUT2D eigenvalue weighted by Crippen LogP contribution is -2.33. The summed E-state index contributed by atoms with van der Waals surface area (Å²) in [7, 11) is -15.0. The maximum Gasteiger partial charge on any atom is 0.305 e. The van der Waals surface area contributed by atoms with Crippen molar-refractivity contribution in [3.63, 3.8) is 0 Å². The normalized spacial score (nSPS) is 23.4. The number of hydrogen-bond donors (Lipinski definition) is 4. The second-order valence-electron chi connectivity index (χ2n) is 15.1. The lowest BCUT2D eigenvalue weighted by atomic mass is 9.74. The van der Waals surface area contributed by atoms with E-state index < -0.39 is 68.9 Å². The highest BCUT2D eigenvalue weighted by Gasteiger charge is 2.49. The first-order valence-electron chi connectivity index (χ1n) is 18.7. The van der Waals surface area contributed by atoms with Crippen molar-refractivity contribution in [1.82, 2.24) is 4.90 Å². The number of carboxylic acids is 1. The number of rotatable bonds is 22. The molecule has 1 aromatic rings. The molecule has 0 saturated heterocycles. The summed E-state index contributed by atoms with van der Waals surface area (Å²) in [5, 5.41) is 9.11. The summed E-state index contributed by atoms with van der Waals surface area (Å²) in [5.74, 6) is -2.64. The standard InChI is InChI=1S/C37H52N2O16S4/c1-26-23-31-29(25-32(26)59(50,51)52)37(3,14-7-21-56(42,43)44)34(39(31)17-20-55-18-13-35(40)41)10-6-9-33-36(2,15-8-22-57(45,46)54-5)28-24-27(58(47,48)49)11-12-30(28)38(33)16-19-53-4/h6,9-12,24-26H,7-8,13-23H2,1-5H3,(H3-,40,41,42,43,44,47,48,49,50,51,52)/p+1. The van der Waals surface area contributed by atoms with Crippen LogP contribution in [-0.2, 0) is 64.3 Å². The molecule has 0 spiro atoms. The molecule has 4 rings (SSSR count). The molecule has 0 radical (unpaired) electrons. The number of carboxylic acid groups (broad SMARTS) is 1. The fourth-order valence-corrected chi connectivity index (χ4v) is 10.7. The smallest absolute Gasteiger partial charge is 0.305 e. The van der Waals surface area contributed by atoms with Crippen molar-refractivity contribution >= 4 is 57.8 Å². The van der Waals surface area contributed by atoms with E-state index in [-0.39, 0.29) is 87.0 Å². The maximum atomic E-state index is 12.5. The molecule has 330 valence electrons. The van der Waals surface area contributed by atoms with Gasteiger partial charge in [0.25, 0.3) is 40.5 Å². The van der Waals surface area contributed by atoms with Crippen LogP contribution in [0.1, 0.15) is 64.9 Å². The van der Waals surface area contributed by atoms with Gasteiger partial charge in [0.1, 0.15) is 6.61 Å². The van der Waals surface area contributed by atoms with E-state index in [4.69, 9.17) is 14.6 Å². The Morgan fingerprint density at radius 2 is 1.59 bits per heavy atom. The van der Waals surface area contributed by atoms with Gasteiger partial charge in [0.05, 0.1) is 53.5 Å². The van der Waals surface area contributed by atoms with Gasteiger partial charge in [0.2, 0.25) is 5.69 Å². The molecule has 0 fully saturated rings. The van der Waals surface area contributed by atoms with Crippen molar-refractivity contribution in [2.24, 2.45) is 11.3 Å². The second kappa shape index (κ2) is 18.7. The number of hydrogen-bond acceptors (Lipinski definition) is 13. The molecule has 0 bridgehead atoms. The third-order valence-electron chi connectivity index (χ3n) is 11.0. The van der Waals surface area contributed by atoms with E-state index in [0.29, 0.717) is 33.9 Å². The molecule has 59 heavy (non-hydrogen) atoms. The van der Waals surface area contributed by atoms with Gasteiger partial charge in [-0.3, -0.25) is 22.6 Å². The van der Waals surface area contributed by atoms with Crippen molar-refractivity contribution < 1.29 is 75.5 Å². The number of carbonyl (C=O) groups is 1. The van der Waals surface area contributed by atoms with Gasteiger partial charge in [-0.05, 0) is 81.7 Å². The highest BCUT2D eigenvalue weighted by Crippen LogP contribution is 2.55. The third-order valence-corrected chi connectivity index (χ3v) is 15.1. The SMILES string of the molecule is COCC[N+]1=C(C=CC=C2N(CCOCCC(=O)O)C3=C(C=C(S(=O)(=O)O)C(C)C3)C2(C)CCCS(=O)(=O)O)C(C)(CCCS(=O)(=O)OC)c2cc(S(=O)(=O)O)ccc21. The molecule has 3 aliphatic rings. The predicted octanol–water partition coefficient (Wildman–Crippen LogP) is 3.68. The van der Waals surface area contributed by atoms with Crippen LogP contribution < -0.4 is 0 Å². The van der Waals surface area contributed by atoms with Crippen LogP contribution in [0.5, 0.6) is 0 Å². The molecule has 4 N–H and O–H groups in total. The van der Waals surface area contributed by atoms with Gasteiger partial charge >= 0.3 is 5.97 Å². The van der Waals surface area contributed by atoms with E-state index in [1.807, 2.05) is 16.4 Å². The number of benzene rings is 1. The van der Waals surface area contributed by atoms with Gasteiger partial charge in [-0.2, -0.15) is 38.2 Å². The van der Waals surface area contributed by atoms with E-state index >= 15 is 0 Å². The van der Waals surface area contributed by atoms with E-state index in [9.17, 15) is 52.1 Å². The van der Waals surface area contributed by atoms with Gasteiger partial charge in [0, 0.05) is 48.2 Å². The first-order valence-corrected chi connectivity index (χ1v) is 24.7. The van der Waals surface area contributed by atoms with Crippen molar-refractivity contribution in [1.29, 1.82) is 0 Å². The molecule has 22 heteroatoms. The molecule has 3 atom stereocenters. The number of nitrogens with zero attached hydrogens (tertiary/aromatic N) is 2. The van der Waals surface area contributed by atoms with E-state index in [2.05, 4.69) is 4.18 Å². The topological polar surface area (TPSA) is 268 Å². The number of aliphatic carboxylic acids is 1. The summed E-state index contributed by atoms with van der Waals surface area (Å²) in [4.78, 5) is 12.4. The minimum absolute atomic E-state index is 0.0449. The van der Waals surface area contributed by atoms with Crippen molar-refractivity contribution in [2.45, 2.75) is 69.6 Å². The highest BCUT2D eigenvalue weighted by atomic mass is 32.2. The molecular weight excluding hydrogens is 857 g/mol. The molecule has 0 saturated carbocycles. The molecule has 18 nitrogen and oxygen atoms in total. The number of allylic oxidation sites excluding steroid dienone is 7. The average molecular weight is 910 g/mol. The molecule has 1 aliphatic carbocycles. The Hall–Kier alpha value is -3.32. The average Bonchev–Trinajstić information content (AvgIpc) is 3.48. The molecule has 2 aliphatic heterocycles. The Morgan fingerprint density at radius 3 is 2.19 bits per heavy atom. The monoisotopic (exact) mass is 909 g/mol. The number of ether oxygens (including phenoxy) is 2. The van der Waals surface area contributed by atoms with Crippen LogP contribution in [-0.4, -0.2) is 132 Å². The van der Waals surface area contributed by atoms with Gasteiger partial charge in [-0.1, -0.05) is 13.0 Å². The van der Waals surface area contributed by atoms with Crippen LogP contribution in [0.3, 0.4) is 0 Å². The molecule has 0 aromatic heterocycles. The fraction of sp³-hybridized carbons (Fsp3) is 0.568. The van der Waals surface area contributed by atoms with Gasteiger partial charge in [-0.15, -0.1) is 0 Å². The van der Waals surface area contributed by atoms with Crippen LogP contribution >= 0.6 is 0 Å². The van der Waals surface area contributed by atoms with Crippen LogP contribution in [0.15, 0.2) is 69.3 Å². The first kappa shape index (κ1) is 48.3. The zero-order chi connectivity index (χ0) is 44.2. The summed E-state index contributed by atoms with van der Waals surface area (Å²) in [6, 6.07) is 4.16. The first-order chi connectivity index (χ1) is 27.3. The second-order valence-corrected chi connectivity index (χ2v) is 21.3. The molecular formula is C37H53N2O16S4+. The summed E-state index contributed by atoms with van der Waals surface area (Å²) >= 11 is 0. The summed E-state index contributed by atoms with van der Waals surface area (Å²) < 4.78 is 145. The maximum absolute atomic E-state index is 12.5. The van der Waals surface area contributed by atoms with Crippen molar-refractivity contribution in [3.8, 4) is 0 Å². The zero-order valence-electron chi connectivity index (χ0n) is 33.5. The van der Waals surface area contributed by atoms with Gasteiger partial charge in [0.15, 0.2) is 12.3 Å². The summed E-state index contributed by atoms with van der Waals surface area (Å²) in [6.07, 6.45) is 6.85. The Morgan fingerprint density at radius 1 is 0.932 bits per heavy atom. The van der Waals surface area contributed by atoms with E-state index in [1.165, 1.54) is 25.3 Å².